The van der Waals surface area contributed by atoms with Crippen LogP contribution in [0.4, 0.5) is 4.39 Å². The quantitative estimate of drug-likeness (QED) is 0.382. The summed E-state index contributed by atoms with van der Waals surface area (Å²) in [6.07, 6.45) is 10.7. The van der Waals surface area contributed by atoms with Crippen molar-refractivity contribution in [3.05, 3.63) is 71.0 Å². The van der Waals surface area contributed by atoms with E-state index < -0.39 is 0 Å². The Morgan fingerprint density at radius 2 is 1.55 bits per heavy atom. The molecule has 3 aromatic rings. The fourth-order valence-corrected chi connectivity index (χ4v) is 5.06. The van der Waals surface area contributed by atoms with Crippen LogP contribution in [0.5, 0.6) is 0 Å². The average molecular weight is 409 g/mol. The number of hydrogen-bond donors (Lipinski definition) is 0. The molecule has 152 valence electrons. The molecule has 0 spiro atoms. The van der Waals surface area contributed by atoms with Gasteiger partial charge in [-0.25, -0.2) is 4.39 Å². The Morgan fingerprint density at radius 1 is 0.862 bits per heavy atom. The predicted octanol–water partition coefficient (Wildman–Crippen LogP) is 8.84. The highest BCUT2D eigenvalue weighted by Crippen LogP contribution is 2.34. The molecule has 2 heteroatoms. The maximum absolute atomic E-state index is 15.1. The first-order valence-electron chi connectivity index (χ1n) is 11.1. The van der Waals surface area contributed by atoms with E-state index in [1.807, 2.05) is 30.3 Å². The first kappa shape index (κ1) is 20.4. The molecule has 29 heavy (non-hydrogen) atoms. The van der Waals surface area contributed by atoms with Gasteiger partial charge in [-0.2, -0.15) is 0 Å². The third kappa shape index (κ3) is 4.83. The van der Waals surface area contributed by atoms with Crippen molar-refractivity contribution in [3.8, 4) is 11.1 Å². The van der Waals surface area contributed by atoms with E-state index >= 15 is 4.39 Å². The number of rotatable bonds is 6. The molecule has 0 N–H and O–H groups in total. The van der Waals surface area contributed by atoms with Gasteiger partial charge in [0.25, 0.3) is 0 Å². The second kappa shape index (κ2) is 9.30. The molecule has 0 heterocycles. The highest BCUT2D eigenvalue weighted by molar-refractivity contribution is 6.30. The molecule has 0 nitrogen and oxygen atoms in total. The average Bonchev–Trinajstić information content (AvgIpc) is 2.74. The zero-order chi connectivity index (χ0) is 20.2. The molecule has 0 amide bonds. The third-order valence-corrected chi connectivity index (χ3v) is 6.93. The topological polar surface area (TPSA) is 0 Å². The number of fused-ring (bicyclic) bond motifs is 1. The van der Waals surface area contributed by atoms with Crippen molar-refractivity contribution in [2.75, 3.05) is 0 Å². The van der Waals surface area contributed by atoms with Crippen LogP contribution in [-0.2, 0) is 6.42 Å². The molecule has 0 aromatic heterocycles. The Bertz CT molecular complexity index is 952. The summed E-state index contributed by atoms with van der Waals surface area (Å²) < 4.78 is 15.1. The monoisotopic (exact) mass is 408 g/mol. The highest BCUT2D eigenvalue weighted by atomic mass is 35.5. The second-order valence-electron chi connectivity index (χ2n) is 8.70. The molecule has 0 radical (unpaired) electrons. The number of benzene rings is 3. The van der Waals surface area contributed by atoms with Gasteiger partial charge in [-0.15, -0.1) is 0 Å². The van der Waals surface area contributed by atoms with Crippen molar-refractivity contribution < 1.29 is 4.39 Å². The van der Waals surface area contributed by atoms with Crippen LogP contribution in [0.25, 0.3) is 21.9 Å². The number of aryl methyl sites for hydroxylation is 1. The maximum Gasteiger partial charge on any atom is 0.138 e. The number of halogens is 2. The van der Waals surface area contributed by atoms with Crippen LogP contribution in [0.3, 0.4) is 0 Å². The van der Waals surface area contributed by atoms with Crippen LogP contribution in [0.15, 0.2) is 54.6 Å². The van der Waals surface area contributed by atoms with Crippen molar-refractivity contribution in [1.29, 1.82) is 0 Å². The summed E-state index contributed by atoms with van der Waals surface area (Å²) in [5.41, 5.74) is 2.81. The fourth-order valence-electron chi connectivity index (χ4n) is 4.94. The van der Waals surface area contributed by atoms with Crippen LogP contribution < -0.4 is 0 Å². The van der Waals surface area contributed by atoms with E-state index in [0.29, 0.717) is 16.0 Å². The first-order chi connectivity index (χ1) is 14.1. The van der Waals surface area contributed by atoms with Crippen LogP contribution >= 0.6 is 11.6 Å². The lowest BCUT2D eigenvalue weighted by Gasteiger charge is -2.28. The Kier molecular flexibility index (Phi) is 6.55. The molecule has 4 rings (SSSR count). The SMILES string of the molecule is CCCC1CCC(CCc2ccc3c(F)c(-c4ccc(Cl)cc4)ccc3c2)CC1. The van der Waals surface area contributed by atoms with Gasteiger partial charge >= 0.3 is 0 Å². The lowest BCUT2D eigenvalue weighted by Crippen LogP contribution is -2.15. The minimum atomic E-state index is -0.148. The van der Waals surface area contributed by atoms with Crippen molar-refractivity contribution in [1.82, 2.24) is 0 Å². The minimum Gasteiger partial charge on any atom is -0.206 e. The van der Waals surface area contributed by atoms with E-state index in [9.17, 15) is 0 Å². The second-order valence-corrected chi connectivity index (χ2v) is 9.14. The normalized spacial score (nSPS) is 19.6. The molecule has 1 fully saturated rings. The van der Waals surface area contributed by atoms with Crippen molar-refractivity contribution in [3.63, 3.8) is 0 Å². The summed E-state index contributed by atoms with van der Waals surface area (Å²) >= 11 is 5.96. The Hall–Kier alpha value is -1.86. The summed E-state index contributed by atoms with van der Waals surface area (Å²) in [4.78, 5) is 0. The molecule has 0 atom stereocenters. The van der Waals surface area contributed by atoms with Gasteiger partial charge in [-0.3, -0.25) is 0 Å². The van der Waals surface area contributed by atoms with Gasteiger partial charge in [-0.05, 0) is 53.3 Å². The molecule has 0 aliphatic heterocycles. The molecule has 1 saturated carbocycles. The molecule has 0 bridgehead atoms. The Labute approximate surface area is 179 Å². The molecular formula is C27H30ClF. The Morgan fingerprint density at radius 3 is 2.24 bits per heavy atom. The van der Waals surface area contributed by atoms with Crippen LogP contribution in [0.1, 0.15) is 57.4 Å². The van der Waals surface area contributed by atoms with Crippen LogP contribution in [0.2, 0.25) is 5.02 Å². The summed E-state index contributed by atoms with van der Waals surface area (Å²) in [5, 5.41) is 2.35. The van der Waals surface area contributed by atoms with Gasteiger partial charge in [-0.1, -0.05) is 99.5 Å². The smallest absolute Gasteiger partial charge is 0.138 e. The summed E-state index contributed by atoms with van der Waals surface area (Å²) in [5.74, 6) is 1.68. The van der Waals surface area contributed by atoms with Gasteiger partial charge in [0.15, 0.2) is 0 Å². The van der Waals surface area contributed by atoms with Gasteiger partial charge in [0.05, 0.1) is 0 Å². The van der Waals surface area contributed by atoms with Gasteiger partial charge in [0.1, 0.15) is 5.82 Å². The molecular weight excluding hydrogens is 379 g/mol. The summed E-state index contributed by atoms with van der Waals surface area (Å²) in [6, 6.07) is 17.5. The third-order valence-electron chi connectivity index (χ3n) is 6.68. The molecule has 0 saturated heterocycles. The van der Waals surface area contributed by atoms with E-state index in [0.717, 1.165) is 29.2 Å². The lowest BCUT2D eigenvalue weighted by atomic mass is 9.78. The molecule has 0 unspecified atom stereocenters. The van der Waals surface area contributed by atoms with E-state index in [-0.39, 0.29) is 5.82 Å². The molecule has 1 aliphatic rings. The van der Waals surface area contributed by atoms with E-state index in [1.165, 1.54) is 50.5 Å². The standard InChI is InChI=1S/C27H30ClF/c1-2-3-19-4-6-20(7-5-19)8-9-21-10-16-26-23(18-21)13-17-25(27(26)29)22-11-14-24(28)15-12-22/h10-20H,2-9H2,1H3. The van der Waals surface area contributed by atoms with Crippen molar-refractivity contribution in [2.24, 2.45) is 11.8 Å². The van der Waals surface area contributed by atoms with Crippen LogP contribution in [0, 0.1) is 17.7 Å². The van der Waals surface area contributed by atoms with E-state index in [1.54, 1.807) is 12.1 Å². The van der Waals surface area contributed by atoms with E-state index in [4.69, 9.17) is 11.6 Å². The van der Waals surface area contributed by atoms with Gasteiger partial charge in [0.2, 0.25) is 0 Å². The lowest BCUT2D eigenvalue weighted by molar-refractivity contribution is 0.252. The largest absolute Gasteiger partial charge is 0.206 e. The molecule has 1 aliphatic carbocycles. The summed E-state index contributed by atoms with van der Waals surface area (Å²) in [6.45, 7) is 2.30. The van der Waals surface area contributed by atoms with Crippen molar-refractivity contribution >= 4 is 22.4 Å². The fraction of sp³-hybridized carbons (Fsp3) is 0.407. The van der Waals surface area contributed by atoms with E-state index in [2.05, 4.69) is 19.1 Å². The summed E-state index contributed by atoms with van der Waals surface area (Å²) in [7, 11) is 0. The number of hydrogen-bond acceptors (Lipinski definition) is 0. The van der Waals surface area contributed by atoms with Gasteiger partial charge < -0.3 is 0 Å². The minimum absolute atomic E-state index is 0.148. The van der Waals surface area contributed by atoms with Crippen molar-refractivity contribution in [2.45, 2.75) is 58.3 Å². The maximum atomic E-state index is 15.1. The zero-order valence-electron chi connectivity index (χ0n) is 17.3. The predicted molar refractivity (Wildman–Crippen MR) is 123 cm³/mol. The first-order valence-corrected chi connectivity index (χ1v) is 11.5. The Balaban J connectivity index is 1.45. The zero-order valence-corrected chi connectivity index (χ0v) is 18.0. The van der Waals surface area contributed by atoms with Gasteiger partial charge in [0, 0.05) is 16.0 Å². The highest BCUT2D eigenvalue weighted by Gasteiger charge is 2.20. The van der Waals surface area contributed by atoms with Crippen LogP contribution in [-0.4, -0.2) is 0 Å². The molecule has 3 aromatic carbocycles.